The SMILES string of the molecule is NC(=O)CSc1ccccc1NC(=O)CSc1n[nH]c(-c2cccs2)n1. The van der Waals surface area contributed by atoms with E-state index in [0.29, 0.717) is 16.7 Å². The lowest BCUT2D eigenvalue weighted by Crippen LogP contribution is -2.16. The number of nitrogens with one attached hydrogen (secondary N) is 2. The first kappa shape index (κ1) is 18.5. The van der Waals surface area contributed by atoms with Gasteiger partial charge in [-0.1, -0.05) is 30.0 Å². The van der Waals surface area contributed by atoms with Gasteiger partial charge < -0.3 is 11.1 Å². The molecule has 1 aromatic carbocycles. The second-order valence-corrected chi connectivity index (χ2v) is 7.94. The summed E-state index contributed by atoms with van der Waals surface area (Å²) in [5, 5.41) is 12.3. The van der Waals surface area contributed by atoms with Gasteiger partial charge in [0.1, 0.15) is 0 Å². The van der Waals surface area contributed by atoms with Crippen LogP contribution in [0.4, 0.5) is 5.69 Å². The molecule has 2 amide bonds. The van der Waals surface area contributed by atoms with Gasteiger partial charge in [0.2, 0.25) is 17.0 Å². The van der Waals surface area contributed by atoms with Gasteiger partial charge in [0, 0.05) is 4.90 Å². The van der Waals surface area contributed by atoms with E-state index in [0.717, 1.165) is 9.77 Å². The Morgan fingerprint density at radius 3 is 2.77 bits per heavy atom. The zero-order valence-electron chi connectivity index (χ0n) is 13.5. The van der Waals surface area contributed by atoms with Crippen molar-refractivity contribution in [3.63, 3.8) is 0 Å². The molecule has 0 atom stereocenters. The van der Waals surface area contributed by atoms with E-state index in [4.69, 9.17) is 5.73 Å². The number of nitrogens with two attached hydrogens (primary N) is 1. The van der Waals surface area contributed by atoms with Gasteiger partial charge in [-0.3, -0.25) is 14.7 Å². The van der Waals surface area contributed by atoms with Gasteiger partial charge in [0.25, 0.3) is 0 Å². The highest BCUT2D eigenvalue weighted by Gasteiger charge is 2.11. The van der Waals surface area contributed by atoms with Gasteiger partial charge in [0.05, 0.1) is 22.1 Å². The summed E-state index contributed by atoms with van der Waals surface area (Å²) in [6.45, 7) is 0. The molecular weight excluding hydrogens is 390 g/mol. The molecule has 2 heterocycles. The van der Waals surface area contributed by atoms with Crippen LogP contribution in [0.1, 0.15) is 0 Å². The fraction of sp³-hybridized carbons (Fsp3) is 0.125. The lowest BCUT2D eigenvalue weighted by atomic mass is 10.3. The molecule has 0 radical (unpaired) electrons. The molecule has 134 valence electrons. The number of amides is 2. The van der Waals surface area contributed by atoms with Crippen LogP contribution >= 0.6 is 34.9 Å². The predicted molar refractivity (Wildman–Crippen MR) is 105 cm³/mol. The van der Waals surface area contributed by atoms with Crippen LogP contribution in [0, 0.1) is 0 Å². The van der Waals surface area contributed by atoms with Gasteiger partial charge in [0.15, 0.2) is 5.82 Å². The monoisotopic (exact) mass is 405 g/mol. The molecule has 3 aromatic rings. The van der Waals surface area contributed by atoms with Crippen LogP contribution in [0.15, 0.2) is 51.8 Å². The third kappa shape index (κ3) is 5.10. The molecule has 0 fully saturated rings. The van der Waals surface area contributed by atoms with Crippen molar-refractivity contribution in [2.45, 2.75) is 10.1 Å². The molecule has 3 rings (SSSR count). The number of hydrogen-bond acceptors (Lipinski definition) is 7. The number of H-pyrrole nitrogens is 1. The number of rotatable bonds is 8. The zero-order chi connectivity index (χ0) is 18.4. The number of anilines is 1. The largest absolute Gasteiger partial charge is 0.369 e. The maximum atomic E-state index is 12.2. The van der Waals surface area contributed by atoms with Crippen LogP contribution in [0.2, 0.25) is 0 Å². The second-order valence-electron chi connectivity index (χ2n) is 5.03. The molecule has 0 unspecified atom stereocenters. The van der Waals surface area contributed by atoms with Crippen molar-refractivity contribution >= 4 is 52.4 Å². The predicted octanol–water partition coefficient (Wildman–Crippen LogP) is 2.84. The van der Waals surface area contributed by atoms with Crippen LogP contribution in [-0.4, -0.2) is 38.5 Å². The highest BCUT2D eigenvalue weighted by atomic mass is 32.2. The van der Waals surface area contributed by atoms with E-state index < -0.39 is 5.91 Å². The maximum Gasteiger partial charge on any atom is 0.234 e. The van der Waals surface area contributed by atoms with E-state index in [1.165, 1.54) is 23.5 Å². The van der Waals surface area contributed by atoms with Crippen molar-refractivity contribution in [1.82, 2.24) is 15.2 Å². The number of hydrogen-bond donors (Lipinski definition) is 3. The number of thioether (sulfide) groups is 2. The van der Waals surface area contributed by atoms with Gasteiger partial charge in [-0.2, -0.15) is 0 Å². The lowest BCUT2D eigenvalue weighted by molar-refractivity contribution is -0.115. The van der Waals surface area contributed by atoms with Gasteiger partial charge in [-0.05, 0) is 23.6 Å². The average Bonchev–Trinajstić information content (AvgIpc) is 3.30. The van der Waals surface area contributed by atoms with Crippen LogP contribution in [0.25, 0.3) is 10.7 Å². The molecule has 2 aromatic heterocycles. The number of aromatic nitrogens is 3. The van der Waals surface area contributed by atoms with Gasteiger partial charge >= 0.3 is 0 Å². The Kier molecular flexibility index (Phi) is 6.31. The minimum absolute atomic E-state index is 0.157. The van der Waals surface area contributed by atoms with Crippen LogP contribution in [0.3, 0.4) is 0 Å². The minimum atomic E-state index is -0.405. The van der Waals surface area contributed by atoms with Crippen molar-refractivity contribution in [2.75, 3.05) is 16.8 Å². The van der Waals surface area contributed by atoms with Crippen molar-refractivity contribution in [2.24, 2.45) is 5.73 Å². The van der Waals surface area contributed by atoms with Gasteiger partial charge in [-0.25, -0.2) is 4.98 Å². The molecule has 0 saturated heterocycles. The summed E-state index contributed by atoms with van der Waals surface area (Å²) in [6.07, 6.45) is 0. The molecule has 0 bridgehead atoms. The third-order valence-electron chi connectivity index (χ3n) is 3.08. The summed E-state index contributed by atoms with van der Waals surface area (Å²) in [5.41, 5.74) is 5.83. The number of thiophene rings is 1. The number of carbonyl (C=O) groups excluding carboxylic acids is 2. The maximum absolute atomic E-state index is 12.2. The highest BCUT2D eigenvalue weighted by Crippen LogP contribution is 2.27. The topological polar surface area (TPSA) is 114 Å². The smallest absolute Gasteiger partial charge is 0.234 e. The zero-order valence-corrected chi connectivity index (χ0v) is 15.9. The van der Waals surface area contributed by atoms with Crippen molar-refractivity contribution < 1.29 is 9.59 Å². The number of primary amides is 1. The van der Waals surface area contributed by atoms with E-state index >= 15 is 0 Å². The summed E-state index contributed by atoms with van der Waals surface area (Å²) in [6, 6.07) is 11.2. The molecule has 10 heteroatoms. The molecule has 7 nitrogen and oxygen atoms in total. The Bertz CT molecular complexity index is 895. The summed E-state index contributed by atoms with van der Waals surface area (Å²) >= 11 is 4.10. The molecule has 0 aliphatic carbocycles. The Morgan fingerprint density at radius 2 is 2.00 bits per heavy atom. The minimum Gasteiger partial charge on any atom is -0.369 e. The fourth-order valence-corrected chi connectivity index (χ4v) is 4.00. The van der Waals surface area contributed by atoms with Crippen LogP contribution in [-0.2, 0) is 9.59 Å². The molecule has 0 aliphatic rings. The first-order chi connectivity index (χ1) is 12.6. The number of carbonyl (C=O) groups is 2. The second kappa shape index (κ2) is 8.88. The standard InChI is InChI=1S/C16H15N5O2S3/c17-13(22)8-25-11-5-2-1-4-10(11)18-14(23)9-26-16-19-15(20-21-16)12-6-3-7-24-12/h1-7H,8-9H2,(H2,17,22)(H,18,23)(H,19,20,21). The molecule has 0 spiro atoms. The first-order valence-corrected chi connectivity index (χ1v) is 10.4. The van der Waals surface area contributed by atoms with E-state index in [1.807, 2.05) is 35.7 Å². The molecule has 0 aliphatic heterocycles. The first-order valence-electron chi connectivity index (χ1n) is 7.51. The van der Waals surface area contributed by atoms with Crippen molar-refractivity contribution in [3.8, 4) is 10.7 Å². The third-order valence-corrected chi connectivity index (χ3v) is 5.90. The normalized spacial score (nSPS) is 10.6. The van der Waals surface area contributed by atoms with Crippen molar-refractivity contribution in [3.05, 3.63) is 41.8 Å². The summed E-state index contributed by atoms with van der Waals surface area (Å²) in [4.78, 5) is 29.3. The quantitative estimate of drug-likeness (QED) is 0.497. The van der Waals surface area contributed by atoms with E-state index in [9.17, 15) is 9.59 Å². The molecular formula is C16H15N5O2S3. The van der Waals surface area contributed by atoms with E-state index in [1.54, 1.807) is 17.4 Å². The fourth-order valence-electron chi connectivity index (χ4n) is 2.00. The van der Waals surface area contributed by atoms with E-state index in [-0.39, 0.29) is 17.4 Å². The van der Waals surface area contributed by atoms with Crippen LogP contribution < -0.4 is 11.1 Å². The summed E-state index contributed by atoms with van der Waals surface area (Å²) in [5.74, 6) is 0.444. The summed E-state index contributed by atoms with van der Waals surface area (Å²) < 4.78 is 0. The number of aromatic amines is 1. The summed E-state index contributed by atoms with van der Waals surface area (Å²) in [7, 11) is 0. The Labute approximate surface area is 162 Å². The lowest BCUT2D eigenvalue weighted by Gasteiger charge is -2.09. The average molecular weight is 406 g/mol. The molecule has 4 N–H and O–H groups in total. The van der Waals surface area contributed by atoms with Crippen LogP contribution in [0.5, 0.6) is 0 Å². The number of nitrogens with zero attached hydrogens (tertiary/aromatic N) is 2. The Balaban J connectivity index is 1.55. The number of para-hydroxylation sites is 1. The van der Waals surface area contributed by atoms with E-state index in [2.05, 4.69) is 20.5 Å². The molecule has 26 heavy (non-hydrogen) atoms. The molecule has 0 saturated carbocycles. The Hall–Kier alpha value is -2.30. The Morgan fingerprint density at radius 1 is 1.15 bits per heavy atom. The number of benzene rings is 1. The van der Waals surface area contributed by atoms with Crippen molar-refractivity contribution in [1.29, 1.82) is 0 Å². The van der Waals surface area contributed by atoms with Gasteiger partial charge in [-0.15, -0.1) is 28.2 Å². The highest BCUT2D eigenvalue weighted by molar-refractivity contribution is 8.00.